The fraction of sp³-hybridized carbons (Fsp3) is 0.368. The summed E-state index contributed by atoms with van der Waals surface area (Å²) in [5.74, 6) is -1.95. The van der Waals surface area contributed by atoms with Gasteiger partial charge in [0, 0.05) is 40.1 Å². The smallest absolute Gasteiger partial charge is 0.351 e. The Morgan fingerprint density at radius 3 is 1.72 bits per heavy atom. The van der Waals surface area contributed by atoms with Crippen LogP contribution >= 0.6 is 0 Å². The molecule has 1 N–H and O–H groups in total. The molecule has 2 aliphatic heterocycles. The molecule has 5 heterocycles. The number of benzene rings is 2. The largest absolute Gasteiger partial charge is 0.455 e. The van der Waals surface area contributed by atoms with Crippen molar-refractivity contribution in [1.82, 2.24) is 33.9 Å². The van der Waals surface area contributed by atoms with Gasteiger partial charge in [-0.2, -0.15) is 10.1 Å². The van der Waals surface area contributed by atoms with Gasteiger partial charge in [-0.3, -0.25) is 18.9 Å². The van der Waals surface area contributed by atoms with Gasteiger partial charge in [-0.1, -0.05) is 74.3 Å². The van der Waals surface area contributed by atoms with Crippen LogP contribution in [0.25, 0.3) is 26.7 Å². The van der Waals surface area contributed by atoms with Gasteiger partial charge in [0.05, 0.1) is 11.1 Å². The van der Waals surface area contributed by atoms with Gasteiger partial charge in [0.15, 0.2) is 17.3 Å². The second-order valence-corrected chi connectivity index (χ2v) is 13.7. The number of hydrogen-bond acceptors (Lipinski definition) is 14. The zero-order valence-corrected chi connectivity index (χ0v) is 32.7. The highest BCUT2D eigenvalue weighted by Gasteiger charge is 2.56. The van der Waals surface area contributed by atoms with E-state index in [4.69, 9.17) is 24.5 Å². The molecule has 7 rings (SSSR count). The molecule has 5 aromatic rings. The predicted molar refractivity (Wildman–Crippen MR) is 209 cm³/mol. The Labute approximate surface area is 339 Å². The molecule has 2 saturated heterocycles. The second kappa shape index (κ2) is 18.0. The minimum absolute atomic E-state index is 0.211. The Bertz CT molecular complexity index is 2590. The molecule has 0 bridgehead atoms. The zero-order chi connectivity index (χ0) is 43.0. The van der Waals surface area contributed by atoms with E-state index in [9.17, 15) is 29.5 Å². The van der Waals surface area contributed by atoms with Crippen LogP contribution in [0.3, 0.4) is 0 Å². The van der Waals surface area contributed by atoms with E-state index in [-0.39, 0.29) is 12.8 Å². The number of azide groups is 2. The van der Waals surface area contributed by atoms with Crippen LogP contribution in [-0.4, -0.2) is 69.5 Å². The minimum Gasteiger partial charge on any atom is -0.455 e. The van der Waals surface area contributed by atoms with Crippen LogP contribution < -0.4 is 16.9 Å². The number of nitrogens with one attached hydrogen (secondary N) is 1. The number of aromatic nitrogens is 7. The van der Waals surface area contributed by atoms with Crippen LogP contribution in [0, 0.1) is 11.8 Å². The molecule has 2 aliphatic rings. The zero-order valence-electron chi connectivity index (χ0n) is 32.7. The summed E-state index contributed by atoms with van der Waals surface area (Å²) in [6.45, 7) is 6.95. The number of nitrogens with zero attached hydrogens (tertiary/aromatic N) is 12. The number of carbonyl (C=O) groups excluding carboxylic acids is 2. The molecule has 0 saturated carbocycles. The maximum Gasteiger partial charge on any atom is 0.351 e. The normalized spacial score (nSPS) is 25.5. The third-order valence-corrected chi connectivity index (χ3v) is 10.2. The van der Waals surface area contributed by atoms with Crippen molar-refractivity contribution >= 4 is 11.9 Å². The van der Waals surface area contributed by atoms with Gasteiger partial charge < -0.3 is 18.9 Å². The minimum atomic E-state index is -1.49. The van der Waals surface area contributed by atoms with E-state index >= 15 is 0 Å². The molecule has 60 heavy (non-hydrogen) atoms. The van der Waals surface area contributed by atoms with Crippen LogP contribution in [0.1, 0.15) is 73.7 Å². The molecule has 2 fully saturated rings. The Hall–Kier alpha value is -7.38. The van der Waals surface area contributed by atoms with E-state index < -0.39 is 76.8 Å². The molecular formula is C38H39N13O9. The van der Waals surface area contributed by atoms with E-state index in [1.807, 2.05) is 0 Å². The maximum atomic E-state index is 12.8. The third kappa shape index (κ3) is 8.43. The number of carbonyl (C=O) groups is 2. The monoisotopic (exact) mass is 821 g/mol. The first kappa shape index (κ1) is 42.2. The van der Waals surface area contributed by atoms with Crippen LogP contribution in [0.5, 0.6) is 0 Å². The Morgan fingerprint density at radius 1 is 0.783 bits per heavy atom. The van der Waals surface area contributed by atoms with Gasteiger partial charge in [0.1, 0.15) is 37.3 Å². The van der Waals surface area contributed by atoms with Gasteiger partial charge in [-0.25, -0.2) is 28.8 Å². The highest BCUT2D eigenvalue weighted by molar-refractivity contribution is 5.90. The fourth-order valence-electron chi connectivity index (χ4n) is 7.12. The lowest BCUT2D eigenvalue weighted by atomic mass is 9.95. The Balaban J connectivity index is 0.000000203. The van der Waals surface area contributed by atoms with Crippen molar-refractivity contribution in [3.63, 3.8) is 0 Å². The first-order valence-corrected chi connectivity index (χ1v) is 18.7. The molecule has 0 spiro atoms. The van der Waals surface area contributed by atoms with Gasteiger partial charge in [0.2, 0.25) is 0 Å². The standard InChI is InChI=1S/C20H20N8O4.C18H19N5O5/c1-3-20(25-26-21)16(31-18(29)14-7-5-4-6-8-14)13(2)17(32-20)27-10-9-15(24-19(27)30)28-12-22-11-23-28;1-3-18(21-22-19)14(27-16(25)12-7-5-4-6-8-12)11(2)15(28-18)23-10-9-13(24)20-17(23)26/h4-13,16-17H,3H2,1-2H3;4-11,14-15H,3H2,1-2H3,(H,20,24,26). The topological polar surface area (TPSA) is 289 Å². The quantitative estimate of drug-likeness (QED) is 0.0799. The molecule has 22 heteroatoms. The molecular weight excluding hydrogens is 782 g/mol. The van der Waals surface area contributed by atoms with Crippen molar-refractivity contribution in [2.24, 2.45) is 22.1 Å². The van der Waals surface area contributed by atoms with Crippen LogP contribution in [0.15, 0.2) is 122 Å². The van der Waals surface area contributed by atoms with Crippen molar-refractivity contribution in [3.05, 3.63) is 161 Å². The van der Waals surface area contributed by atoms with E-state index in [0.717, 1.165) is 0 Å². The van der Waals surface area contributed by atoms with Crippen molar-refractivity contribution < 1.29 is 28.5 Å². The molecule has 0 amide bonds. The van der Waals surface area contributed by atoms with Gasteiger partial charge in [-0.05, 0) is 54.2 Å². The molecule has 0 aliphatic carbocycles. The average molecular weight is 822 g/mol. The number of ether oxygens (including phenoxy) is 4. The molecule has 3 aromatic heterocycles. The van der Waals surface area contributed by atoms with Gasteiger partial charge in [-0.15, -0.1) is 0 Å². The molecule has 310 valence electrons. The summed E-state index contributed by atoms with van der Waals surface area (Å²) in [4.78, 5) is 77.4. The first-order valence-electron chi connectivity index (χ1n) is 18.7. The summed E-state index contributed by atoms with van der Waals surface area (Å²) in [7, 11) is 0. The molecule has 8 unspecified atom stereocenters. The lowest BCUT2D eigenvalue weighted by Gasteiger charge is -2.29. The summed E-state index contributed by atoms with van der Waals surface area (Å²) in [6.07, 6.45) is 2.34. The SMILES string of the molecule is CCC1(N=[N+]=[N-])OC(n2ccc(-n3cncn3)nc2=O)C(C)C1OC(=O)c1ccccc1.CCC1(N=[N+]=[N-])OC(n2ccc(=O)[nH]c2=O)C(C)C1OC(=O)c1ccccc1. The van der Waals surface area contributed by atoms with Crippen LogP contribution in [-0.2, 0) is 18.9 Å². The number of hydrogen-bond donors (Lipinski definition) is 1. The van der Waals surface area contributed by atoms with Crippen molar-refractivity contribution in [2.75, 3.05) is 0 Å². The molecule has 2 aromatic carbocycles. The fourth-order valence-corrected chi connectivity index (χ4v) is 7.12. The Morgan fingerprint density at radius 2 is 1.28 bits per heavy atom. The highest BCUT2D eigenvalue weighted by Crippen LogP contribution is 2.47. The summed E-state index contributed by atoms with van der Waals surface area (Å²) in [5.41, 5.74) is 14.1. The molecule has 22 nitrogen and oxygen atoms in total. The molecule has 0 radical (unpaired) electrons. The predicted octanol–water partition coefficient (Wildman–Crippen LogP) is 4.97. The summed E-state index contributed by atoms with van der Waals surface area (Å²) >= 11 is 0. The lowest BCUT2D eigenvalue weighted by Crippen LogP contribution is -2.41. The van der Waals surface area contributed by atoms with Crippen molar-refractivity contribution in [3.8, 4) is 5.82 Å². The maximum absolute atomic E-state index is 12.8. The summed E-state index contributed by atoms with van der Waals surface area (Å²) < 4.78 is 27.3. The second-order valence-electron chi connectivity index (χ2n) is 13.7. The summed E-state index contributed by atoms with van der Waals surface area (Å²) in [6, 6.07) is 19.6. The van der Waals surface area contributed by atoms with E-state index in [0.29, 0.717) is 16.9 Å². The van der Waals surface area contributed by atoms with Crippen LogP contribution in [0.4, 0.5) is 0 Å². The number of rotatable bonds is 11. The summed E-state index contributed by atoms with van der Waals surface area (Å²) in [5, 5.41) is 11.6. The molecule has 8 atom stereocenters. The van der Waals surface area contributed by atoms with E-state index in [2.05, 4.69) is 40.1 Å². The first-order chi connectivity index (χ1) is 28.9. The lowest BCUT2D eigenvalue weighted by molar-refractivity contribution is -0.105. The van der Waals surface area contributed by atoms with Crippen molar-refractivity contribution in [2.45, 2.75) is 76.7 Å². The van der Waals surface area contributed by atoms with E-state index in [1.54, 1.807) is 94.4 Å². The van der Waals surface area contributed by atoms with Crippen molar-refractivity contribution in [1.29, 1.82) is 0 Å². The van der Waals surface area contributed by atoms with Crippen LogP contribution in [0.2, 0.25) is 0 Å². The number of esters is 2. The average Bonchev–Trinajstić information content (AvgIpc) is 3.96. The van der Waals surface area contributed by atoms with Gasteiger partial charge in [0.25, 0.3) is 5.56 Å². The number of H-pyrrole nitrogens is 1. The Kier molecular flexibility index (Phi) is 12.7. The number of aromatic amines is 1. The third-order valence-electron chi connectivity index (χ3n) is 10.2. The highest BCUT2D eigenvalue weighted by atomic mass is 16.6. The van der Waals surface area contributed by atoms with E-state index in [1.165, 1.54) is 44.9 Å². The van der Waals surface area contributed by atoms with Gasteiger partial charge >= 0.3 is 23.3 Å².